The Balaban J connectivity index is 1.45. The maximum absolute atomic E-state index is 13.2. The molecule has 158 valence electrons. The van der Waals surface area contributed by atoms with Crippen molar-refractivity contribution in [3.8, 4) is 0 Å². The summed E-state index contributed by atoms with van der Waals surface area (Å²) in [7, 11) is 0. The molecular formula is C23H24N6O2. The van der Waals surface area contributed by atoms with Crippen molar-refractivity contribution < 1.29 is 9.59 Å². The van der Waals surface area contributed by atoms with Crippen LogP contribution in [0.1, 0.15) is 37.9 Å². The number of hydrogen-bond acceptors (Lipinski definition) is 5. The second-order valence-corrected chi connectivity index (χ2v) is 8.59. The van der Waals surface area contributed by atoms with Crippen LogP contribution in [-0.4, -0.2) is 68.0 Å². The predicted molar refractivity (Wildman–Crippen MR) is 114 cm³/mol. The van der Waals surface area contributed by atoms with Crippen molar-refractivity contribution in [2.75, 3.05) is 26.2 Å². The van der Waals surface area contributed by atoms with Crippen LogP contribution in [0.3, 0.4) is 0 Å². The minimum atomic E-state index is -0.484. The topological polar surface area (TPSA) is 95.1 Å². The van der Waals surface area contributed by atoms with Crippen LogP contribution in [0.25, 0.3) is 0 Å². The fraction of sp³-hybridized carbons (Fsp3) is 0.348. The van der Waals surface area contributed by atoms with E-state index >= 15 is 0 Å². The smallest absolute Gasteiger partial charge is 0.255 e. The molecule has 2 amide bonds. The number of benzene rings is 1. The number of H-pyrrole nitrogens is 1. The molecule has 0 radical (unpaired) electrons. The largest absolute Gasteiger partial charge is 0.337 e. The summed E-state index contributed by atoms with van der Waals surface area (Å²) < 4.78 is 0. The van der Waals surface area contributed by atoms with E-state index in [-0.39, 0.29) is 17.7 Å². The van der Waals surface area contributed by atoms with Gasteiger partial charge in [-0.25, -0.2) is 4.98 Å². The zero-order chi connectivity index (χ0) is 21.6. The maximum atomic E-state index is 13.2. The second-order valence-electron chi connectivity index (χ2n) is 8.59. The van der Waals surface area contributed by atoms with Crippen molar-refractivity contribution in [2.45, 2.75) is 19.3 Å². The van der Waals surface area contributed by atoms with E-state index in [2.05, 4.69) is 20.2 Å². The first-order valence-electron chi connectivity index (χ1n) is 10.4. The van der Waals surface area contributed by atoms with E-state index in [1.165, 1.54) is 0 Å². The molecule has 2 fully saturated rings. The molecule has 2 saturated heterocycles. The van der Waals surface area contributed by atoms with Gasteiger partial charge in [-0.1, -0.05) is 18.2 Å². The van der Waals surface area contributed by atoms with Crippen LogP contribution in [0, 0.1) is 19.8 Å². The average Bonchev–Trinajstić information content (AvgIpc) is 3.46. The number of fused-ring (bicyclic) bond motifs is 1. The van der Waals surface area contributed by atoms with Gasteiger partial charge in [-0.15, -0.1) is 0 Å². The highest BCUT2D eigenvalue weighted by Crippen LogP contribution is 2.44. The Hall–Kier alpha value is -3.55. The van der Waals surface area contributed by atoms with Crippen molar-refractivity contribution in [3.63, 3.8) is 0 Å². The van der Waals surface area contributed by atoms with Crippen LogP contribution in [0.5, 0.6) is 0 Å². The Morgan fingerprint density at radius 2 is 1.68 bits per heavy atom. The lowest BCUT2D eigenvalue weighted by molar-refractivity contribution is 0.0731. The number of nitrogens with zero attached hydrogens (tertiary/aromatic N) is 5. The number of rotatable bonds is 3. The quantitative estimate of drug-likeness (QED) is 0.705. The van der Waals surface area contributed by atoms with E-state index in [4.69, 9.17) is 0 Å². The summed E-state index contributed by atoms with van der Waals surface area (Å²) in [6.07, 6.45) is 3.35. The highest BCUT2D eigenvalue weighted by Gasteiger charge is 2.57. The lowest BCUT2D eigenvalue weighted by Gasteiger charge is -2.27. The van der Waals surface area contributed by atoms with Gasteiger partial charge in [0.15, 0.2) is 5.82 Å². The summed E-state index contributed by atoms with van der Waals surface area (Å²) in [6.45, 7) is 5.86. The zero-order valence-corrected chi connectivity index (χ0v) is 17.6. The van der Waals surface area contributed by atoms with Crippen molar-refractivity contribution in [1.82, 2.24) is 30.0 Å². The summed E-state index contributed by atoms with van der Waals surface area (Å²) in [5.41, 5.74) is 1.72. The number of pyridine rings is 1. The summed E-state index contributed by atoms with van der Waals surface area (Å²) in [6, 6.07) is 11.2. The predicted octanol–water partition coefficient (Wildman–Crippen LogP) is 1.98. The normalized spacial score (nSPS) is 22.6. The van der Waals surface area contributed by atoms with Crippen LogP contribution in [0.2, 0.25) is 0 Å². The molecule has 0 aliphatic carbocycles. The Labute approximate surface area is 180 Å². The molecule has 8 nitrogen and oxygen atoms in total. The van der Waals surface area contributed by atoms with E-state index in [0.717, 1.165) is 11.4 Å². The van der Waals surface area contributed by atoms with Gasteiger partial charge in [0.1, 0.15) is 5.82 Å². The van der Waals surface area contributed by atoms with Crippen molar-refractivity contribution in [3.05, 3.63) is 77.1 Å². The van der Waals surface area contributed by atoms with Gasteiger partial charge in [0, 0.05) is 50.1 Å². The molecule has 2 atom stereocenters. The van der Waals surface area contributed by atoms with Crippen LogP contribution in [0.4, 0.5) is 0 Å². The monoisotopic (exact) mass is 416 g/mol. The number of aromatic nitrogens is 4. The van der Waals surface area contributed by atoms with E-state index < -0.39 is 5.41 Å². The van der Waals surface area contributed by atoms with Crippen molar-refractivity contribution in [2.24, 2.45) is 5.92 Å². The van der Waals surface area contributed by atoms with Crippen molar-refractivity contribution >= 4 is 11.8 Å². The summed E-state index contributed by atoms with van der Waals surface area (Å²) in [4.78, 5) is 38.8. The maximum Gasteiger partial charge on any atom is 0.255 e. The molecule has 8 heteroatoms. The molecule has 0 bridgehead atoms. The summed E-state index contributed by atoms with van der Waals surface area (Å²) >= 11 is 0. The second kappa shape index (κ2) is 7.30. The molecule has 2 aliphatic rings. The van der Waals surface area contributed by atoms with Gasteiger partial charge in [-0.05, 0) is 37.6 Å². The molecule has 3 aromatic rings. The van der Waals surface area contributed by atoms with E-state index in [0.29, 0.717) is 43.1 Å². The average molecular weight is 416 g/mol. The number of carbonyl (C=O) groups is 2. The third-order valence-electron chi connectivity index (χ3n) is 6.37. The number of amides is 2. The first-order valence-corrected chi connectivity index (χ1v) is 10.4. The molecule has 5 rings (SSSR count). The number of hydrogen-bond donors (Lipinski definition) is 1. The molecule has 1 aromatic carbocycles. The first kappa shape index (κ1) is 19.4. The highest BCUT2D eigenvalue weighted by atomic mass is 16.2. The fourth-order valence-corrected chi connectivity index (χ4v) is 4.87. The third kappa shape index (κ3) is 3.28. The number of likely N-dealkylation sites (tertiary alicyclic amines) is 2. The molecule has 0 saturated carbocycles. The fourth-order valence-electron chi connectivity index (χ4n) is 4.87. The zero-order valence-electron chi connectivity index (χ0n) is 17.6. The van der Waals surface area contributed by atoms with Crippen LogP contribution in [0.15, 0.2) is 48.8 Å². The molecule has 2 aromatic heterocycles. The van der Waals surface area contributed by atoms with E-state index in [9.17, 15) is 9.59 Å². The van der Waals surface area contributed by atoms with Gasteiger partial charge in [0.05, 0.1) is 11.0 Å². The lowest BCUT2D eigenvalue weighted by atomic mass is 9.80. The molecule has 0 spiro atoms. The summed E-state index contributed by atoms with van der Waals surface area (Å²) in [5, 5.41) is 7.39. The minimum Gasteiger partial charge on any atom is -0.337 e. The number of nitrogens with one attached hydrogen (secondary N) is 1. The van der Waals surface area contributed by atoms with Gasteiger partial charge in [0.2, 0.25) is 0 Å². The molecule has 1 N–H and O–H groups in total. The van der Waals surface area contributed by atoms with Gasteiger partial charge in [0.25, 0.3) is 11.8 Å². The minimum absolute atomic E-state index is 0.00222. The van der Waals surface area contributed by atoms with Crippen molar-refractivity contribution in [1.29, 1.82) is 0 Å². The van der Waals surface area contributed by atoms with E-state index in [1.54, 1.807) is 12.4 Å². The van der Waals surface area contributed by atoms with Gasteiger partial charge in [-0.2, -0.15) is 5.10 Å². The van der Waals surface area contributed by atoms with Crippen LogP contribution < -0.4 is 0 Å². The van der Waals surface area contributed by atoms with Gasteiger partial charge >= 0.3 is 0 Å². The molecule has 31 heavy (non-hydrogen) atoms. The SMILES string of the molecule is Cc1cncc(C(=O)N2C[C@@H]3CN(C(=O)c4ccccc4)C[C@]3(c3n[nH]c(C)n3)C2)c1. The number of aryl methyl sites for hydroxylation is 2. The molecule has 4 heterocycles. The van der Waals surface area contributed by atoms with Crippen LogP contribution in [-0.2, 0) is 5.41 Å². The van der Waals surface area contributed by atoms with Gasteiger partial charge < -0.3 is 9.80 Å². The van der Waals surface area contributed by atoms with Crippen LogP contribution >= 0.6 is 0 Å². The first-order chi connectivity index (χ1) is 15.0. The highest BCUT2D eigenvalue weighted by molar-refractivity contribution is 5.95. The number of aromatic amines is 1. The number of carbonyl (C=O) groups excluding carboxylic acids is 2. The molecule has 2 aliphatic heterocycles. The summed E-state index contributed by atoms with van der Waals surface area (Å²) in [5.74, 6) is 1.43. The Bertz CT molecular complexity index is 1140. The molecular weight excluding hydrogens is 392 g/mol. The Morgan fingerprint density at radius 3 is 2.29 bits per heavy atom. The third-order valence-corrected chi connectivity index (χ3v) is 6.37. The lowest BCUT2D eigenvalue weighted by Crippen LogP contribution is -2.41. The standard InChI is InChI=1S/C23H24N6O2/c1-15-8-18(10-24-9-15)21(31)29-12-19-11-28(20(30)17-6-4-3-5-7-17)13-23(19,14-29)22-25-16(2)26-27-22/h3-10,19H,11-14H2,1-2H3,(H,25,26,27)/t19-,23-/m0/s1. The molecule has 0 unspecified atom stereocenters. The van der Waals surface area contributed by atoms with Gasteiger partial charge in [-0.3, -0.25) is 19.7 Å². The Kier molecular flexibility index (Phi) is 4.57. The Morgan fingerprint density at radius 1 is 1.00 bits per heavy atom. The van der Waals surface area contributed by atoms with E-state index in [1.807, 2.05) is 60.0 Å².